The van der Waals surface area contributed by atoms with Gasteiger partial charge in [0, 0.05) is 12.1 Å². The number of rotatable bonds is 9. The summed E-state index contributed by atoms with van der Waals surface area (Å²) in [4.78, 5) is 16.4. The summed E-state index contributed by atoms with van der Waals surface area (Å²) in [7, 11) is 0. The quantitative estimate of drug-likeness (QED) is 0.298. The van der Waals surface area contributed by atoms with Crippen molar-refractivity contribution in [3.63, 3.8) is 0 Å². The van der Waals surface area contributed by atoms with Crippen LogP contribution in [0.4, 0.5) is 22.0 Å². The second-order valence-corrected chi connectivity index (χ2v) is 8.09. The molecule has 1 aromatic heterocycles. The summed E-state index contributed by atoms with van der Waals surface area (Å²) in [5.74, 6) is -0.849. The summed E-state index contributed by atoms with van der Waals surface area (Å²) in [5.41, 5.74) is -0.824. The molecule has 11 heteroatoms. The molecule has 0 fully saturated rings. The molecule has 0 atom stereocenters. The van der Waals surface area contributed by atoms with Crippen molar-refractivity contribution < 1.29 is 31.5 Å². The molecule has 0 unspecified atom stereocenters. The summed E-state index contributed by atoms with van der Waals surface area (Å²) in [5, 5.41) is 11.8. The molecule has 0 saturated heterocycles. The molecule has 5 nitrogen and oxygen atoms in total. The van der Waals surface area contributed by atoms with E-state index in [-0.39, 0.29) is 27.8 Å². The van der Waals surface area contributed by atoms with E-state index >= 15 is 0 Å². The first-order chi connectivity index (χ1) is 16.7. The first kappa shape index (κ1) is 26.0. The number of amides is 1. The molecule has 0 radical (unpaired) electrons. The third kappa shape index (κ3) is 7.42. The molecule has 0 aliphatic heterocycles. The Morgan fingerprint density at radius 3 is 2.40 bits per heavy atom. The topological polar surface area (TPSA) is 75.0 Å². The number of hydrogen-bond donors (Lipinski definition) is 1. The van der Waals surface area contributed by atoms with Crippen LogP contribution in [0.25, 0.3) is 11.3 Å². The van der Waals surface area contributed by atoms with Gasteiger partial charge in [0.25, 0.3) is 0 Å². The number of aromatic nitrogens is 1. The molecular formula is C24H18F5N3O2S. The fourth-order valence-electron chi connectivity index (χ4n) is 3.09. The number of carbonyl (C=O) groups excluding carboxylic acids is 1. The number of alkyl halides is 5. The van der Waals surface area contributed by atoms with Crippen LogP contribution in [-0.4, -0.2) is 29.8 Å². The van der Waals surface area contributed by atoms with Crippen molar-refractivity contribution in [2.45, 2.75) is 24.2 Å². The number of benzene rings is 2. The third-order valence-electron chi connectivity index (χ3n) is 4.70. The number of nitriles is 1. The van der Waals surface area contributed by atoms with Crippen molar-refractivity contribution in [3.8, 4) is 23.1 Å². The second-order valence-electron chi connectivity index (χ2n) is 7.12. The van der Waals surface area contributed by atoms with Gasteiger partial charge in [0.15, 0.2) is 0 Å². The van der Waals surface area contributed by atoms with E-state index in [0.717, 1.165) is 5.56 Å². The number of hydrogen-bond acceptors (Lipinski definition) is 5. The van der Waals surface area contributed by atoms with Crippen molar-refractivity contribution >= 4 is 17.7 Å². The maximum Gasteiger partial charge on any atom is 0.417 e. The molecule has 1 amide bonds. The van der Waals surface area contributed by atoms with Gasteiger partial charge in [-0.15, -0.1) is 0 Å². The zero-order chi connectivity index (χ0) is 25.4. The number of ether oxygens (including phenoxy) is 1. The van der Waals surface area contributed by atoms with Crippen LogP contribution in [0.15, 0.2) is 65.7 Å². The SMILES string of the molecule is N#Cc1c(C(F)(F)F)cc(-c2ccc(OC(F)F)cc2)nc1SCC(=O)NCCc1ccccc1. The molecule has 1 heterocycles. The summed E-state index contributed by atoms with van der Waals surface area (Å²) in [6.45, 7) is -2.71. The molecule has 1 N–H and O–H groups in total. The minimum atomic E-state index is -4.85. The van der Waals surface area contributed by atoms with Crippen LogP contribution < -0.4 is 10.1 Å². The van der Waals surface area contributed by atoms with E-state index in [4.69, 9.17) is 0 Å². The maximum absolute atomic E-state index is 13.7. The van der Waals surface area contributed by atoms with Gasteiger partial charge in [-0.1, -0.05) is 42.1 Å². The van der Waals surface area contributed by atoms with Crippen LogP contribution in [0.2, 0.25) is 0 Å². The minimum Gasteiger partial charge on any atom is -0.435 e. The lowest BCUT2D eigenvalue weighted by Gasteiger charge is -2.14. The van der Waals surface area contributed by atoms with Gasteiger partial charge in [-0.25, -0.2) is 4.98 Å². The summed E-state index contributed by atoms with van der Waals surface area (Å²) < 4.78 is 70.0. The highest BCUT2D eigenvalue weighted by atomic mass is 32.2. The number of nitrogens with one attached hydrogen (secondary N) is 1. The molecule has 3 rings (SSSR count). The predicted molar refractivity (Wildman–Crippen MR) is 120 cm³/mol. The molecule has 182 valence electrons. The van der Waals surface area contributed by atoms with Gasteiger partial charge in [-0.2, -0.15) is 27.2 Å². The van der Waals surface area contributed by atoms with Crippen LogP contribution in [-0.2, 0) is 17.4 Å². The molecule has 0 aliphatic carbocycles. The highest BCUT2D eigenvalue weighted by Gasteiger charge is 2.36. The van der Waals surface area contributed by atoms with E-state index in [1.807, 2.05) is 30.3 Å². The first-order valence-corrected chi connectivity index (χ1v) is 11.2. The molecule has 0 spiro atoms. The smallest absolute Gasteiger partial charge is 0.417 e. The highest BCUT2D eigenvalue weighted by Crippen LogP contribution is 2.38. The van der Waals surface area contributed by atoms with Gasteiger partial charge in [-0.3, -0.25) is 4.79 Å². The lowest BCUT2D eigenvalue weighted by molar-refractivity contribution is -0.138. The van der Waals surface area contributed by atoms with Crippen molar-refractivity contribution in [1.82, 2.24) is 10.3 Å². The molecule has 0 bridgehead atoms. The number of pyridine rings is 1. The zero-order valence-electron chi connectivity index (χ0n) is 18.0. The highest BCUT2D eigenvalue weighted by molar-refractivity contribution is 8.00. The van der Waals surface area contributed by atoms with Gasteiger partial charge in [0.1, 0.15) is 16.8 Å². The summed E-state index contributed by atoms with van der Waals surface area (Å²) >= 11 is 0.707. The Morgan fingerprint density at radius 2 is 1.80 bits per heavy atom. The van der Waals surface area contributed by atoms with Crippen LogP contribution in [0, 0.1) is 11.3 Å². The molecule has 3 aromatic rings. The Labute approximate surface area is 201 Å². The van der Waals surface area contributed by atoms with E-state index in [1.54, 1.807) is 0 Å². The van der Waals surface area contributed by atoms with Gasteiger partial charge in [-0.05, 0) is 42.3 Å². The largest absolute Gasteiger partial charge is 0.435 e. The van der Waals surface area contributed by atoms with E-state index in [0.29, 0.717) is 30.8 Å². The number of nitrogens with zero attached hydrogens (tertiary/aromatic N) is 2. The second kappa shape index (κ2) is 11.7. The fourth-order valence-corrected chi connectivity index (χ4v) is 3.92. The van der Waals surface area contributed by atoms with Gasteiger partial charge in [0.05, 0.1) is 22.6 Å². The maximum atomic E-state index is 13.7. The Hall–Kier alpha value is -3.65. The monoisotopic (exact) mass is 507 g/mol. The third-order valence-corrected chi connectivity index (χ3v) is 5.67. The van der Waals surface area contributed by atoms with Gasteiger partial charge >= 0.3 is 12.8 Å². The predicted octanol–water partition coefficient (Wildman–Crippen LogP) is 5.69. The number of carbonyl (C=O) groups is 1. The molecular weight excluding hydrogens is 489 g/mol. The lowest BCUT2D eigenvalue weighted by atomic mass is 10.1. The molecule has 0 saturated carbocycles. The van der Waals surface area contributed by atoms with Crippen LogP contribution in [0.5, 0.6) is 5.75 Å². The Kier molecular flexibility index (Phi) is 8.65. The molecule has 35 heavy (non-hydrogen) atoms. The van der Waals surface area contributed by atoms with Crippen molar-refractivity contribution in [2.24, 2.45) is 0 Å². The van der Waals surface area contributed by atoms with E-state index in [2.05, 4.69) is 15.0 Å². The van der Waals surface area contributed by atoms with E-state index < -0.39 is 29.8 Å². The Morgan fingerprint density at radius 1 is 1.11 bits per heavy atom. The Bertz CT molecular complexity index is 1200. The van der Waals surface area contributed by atoms with Crippen LogP contribution in [0.1, 0.15) is 16.7 Å². The first-order valence-electron chi connectivity index (χ1n) is 10.2. The Balaban J connectivity index is 1.79. The fraction of sp³-hybridized carbons (Fsp3) is 0.208. The van der Waals surface area contributed by atoms with Crippen LogP contribution in [0.3, 0.4) is 0 Å². The minimum absolute atomic E-state index is 0.132. The van der Waals surface area contributed by atoms with Crippen molar-refractivity contribution in [2.75, 3.05) is 12.3 Å². The average Bonchev–Trinajstić information content (AvgIpc) is 2.82. The zero-order valence-corrected chi connectivity index (χ0v) is 18.8. The van der Waals surface area contributed by atoms with Gasteiger partial charge in [0.2, 0.25) is 5.91 Å². The average molecular weight is 507 g/mol. The molecule has 0 aliphatic rings. The van der Waals surface area contributed by atoms with Gasteiger partial charge < -0.3 is 10.1 Å². The standard InChI is InChI=1S/C24H18F5N3O2S/c25-23(26)34-17-8-6-16(7-9-17)20-12-19(24(27,28)29)18(13-30)22(32-20)35-14-21(33)31-11-10-15-4-2-1-3-5-15/h1-9,12,23H,10-11,14H2,(H,31,33). The van der Waals surface area contributed by atoms with Crippen molar-refractivity contribution in [3.05, 3.63) is 77.4 Å². The van der Waals surface area contributed by atoms with E-state index in [9.17, 15) is 32.0 Å². The normalized spacial score (nSPS) is 11.2. The van der Waals surface area contributed by atoms with E-state index in [1.165, 1.54) is 30.3 Å². The lowest BCUT2D eigenvalue weighted by Crippen LogP contribution is -2.27. The van der Waals surface area contributed by atoms with Crippen LogP contribution >= 0.6 is 11.8 Å². The number of halogens is 5. The summed E-state index contributed by atoms with van der Waals surface area (Å²) in [6, 6.07) is 16.5. The van der Waals surface area contributed by atoms with Crippen molar-refractivity contribution in [1.29, 1.82) is 5.26 Å². The number of thioether (sulfide) groups is 1. The summed E-state index contributed by atoms with van der Waals surface area (Å²) in [6.07, 6.45) is -4.27. The molecule has 2 aromatic carbocycles.